The van der Waals surface area contributed by atoms with Crippen molar-refractivity contribution >= 4 is 17.9 Å². The lowest BCUT2D eigenvalue weighted by molar-refractivity contribution is -0.141. The summed E-state index contributed by atoms with van der Waals surface area (Å²) in [6.45, 7) is 1.43. The van der Waals surface area contributed by atoms with Gasteiger partial charge in [0.15, 0.2) is 0 Å². The Labute approximate surface area is 81.1 Å². The number of aliphatic carboxylic acids is 1. The Morgan fingerprint density at radius 3 is 2.50 bits per heavy atom. The molecule has 0 aromatic rings. The first kappa shape index (κ1) is 10.5. The molecule has 1 atom stereocenters. The summed E-state index contributed by atoms with van der Waals surface area (Å²) in [6.07, 6.45) is 0. The predicted molar refractivity (Wildman–Crippen MR) is 46.5 cm³/mol. The SMILES string of the molecule is CC(CN1C(=O)CN(C)C1=O)C(=O)O. The standard InChI is InChI=1S/C8H12N2O4/c1-5(7(12)13)3-10-6(11)4-9(2)8(10)14/h5H,3-4H2,1-2H3,(H,12,13). The van der Waals surface area contributed by atoms with Crippen LogP contribution in [0.15, 0.2) is 0 Å². The third-order valence-electron chi connectivity index (χ3n) is 2.11. The molecule has 0 bridgehead atoms. The smallest absolute Gasteiger partial charge is 0.326 e. The van der Waals surface area contributed by atoms with Crippen LogP contribution in [0.3, 0.4) is 0 Å². The van der Waals surface area contributed by atoms with E-state index >= 15 is 0 Å². The van der Waals surface area contributed by atoms with E-state index in [0.29, 0.717) is 0 Å². The van der Waals surface area contributed by atoms with Gasteiger partial charge in [0.1, 0.15) is 6.54 Å². The van der Waals surface area contributed by atoms with Crippen molar-refractivity contribution in [1.29, 1.82) is 0 Å². The monoisotopic (exact) mass is 200 g/mol. The first-order valence-electron chi connectivity index (χ1n) is 4.21. The zero-order valence-corrected chi connectivity index (χ0v) is 8.06. The molecule has 1 fully saturated rings. The fourth-order valence-corrected chi connectivity index (χ4v) is 1.20. The molecule has 6 nitrogen and oxygen atoms in total. The number of likely N-dealkylation sites (N-methyl/N-ethyl adjacent to an activating group) is 1. The molecule has 0 spiro atoms. The van der Waals surface area contributed by atoms with E-state index in [1.807, 2.05) is 0 Å². The van der Waals surface area contributed by atoms with Gasteiger partial charge >= 0.3 is 12.0 Å². The van der Waals surface area contributed by atoms with E-state index in [1.54, 1.807) is 0 Å². The third kappa shape index (κ3) is 1.84. The van der Waals surface area contributed by atoms with Gasteiger partial charge in [0.2, 0.25) is 5.91 Å². The molecule has 1 N–H and O–H groups in total. The van der Waals surface area contributed by atoms with Crippen molar-refractivity contribution < 1.29 is 19.5 Å². The van der Waals surface area contributed by atoms with Crippen molar-refractivity contribution in [3.05, 3.63) is 0 Å². The van der Waals surface area contributed by atoms with Crippen LogP contribution >= 0.6 is 0 Å². The molecule has 3 amide bonds. The average molecular weight is 200 g/mol. The molecule has 0 radical (unpaired) electrons. The van der Waals surface area contributed by atoms with Crippen LogP contribution in [0.2, 0.25) is 0 Å². The number of carboxylic acids is 1. The summed E-state index contributed by atoms with van der Waals surface area (Å²) < 4.78 is 0. The van der Waals surface area contributed by atoms with E-state index in [9.17, 15) is 14.4 Å². The molecule has 1 unspecified atom stereocenters. The zero-order valence-electron chi connectivity index (χ0n) is 8.06. The van der Waals surface area contributed by atoms with Gasteiger partial charge in [-0.15, -0.1) is 0 Å². The van der Waals surface area contributed by atoms with Crippen molar-refractivity contribution in [2.45, 2.75) is 6.92 Å². The highest BCUT2D eigenvalue weighted by atomic mass is 16.4. The maximum absolute atomic E-state index is 11.3. The van der Waals surface area contributed by atoms with E-state index in [2.05, 4.69) is 0 Å². The second kappa shape index (κ2) is 3.65. The number of nitrogens with zero attached hydrogens (tertiary/aromatic N) is 2. The zero-order chi connectivity index (χ0) is 10.9. The van der Waals surface area contributed by atoms with Gasteiger partial charge in [-0.2, -0.15) is 0 Å². The minimum absolute atomic E-state index is 0.0329. The minimum Gasteiger partial charge on any atom is -0.481 e. The van der Waals surface area contributed by atoms with Gasteiger partial charge in [0, 0.05) is 13.6 Å². The Balaban J connectivity index is 2.65. The maximum atomic E-state index is 11.3. The number of carbonyl (C=O) groups excluding carboxylic acids is 2. The summed E-state index contributed by atoms with van der Waals surface area (Å²) in [7, 11) is 1.51. The number of hydrogen-bond acceptors (Lipinski definition) is 3. The maximum Gasteiger partial charge on any atom is 0.326 e. The molecule has 14 heavy (non-hydrogen) atoms. The van der Waals surface area contributed by atoms with Crippen molar-refractivity contribution in [1.82, 2.24) is 9.80 Å². The van der Waals surface area contributed by atoms with Crippen LogP contribution in [0.4, 0.5) is 4.79 Å². The summed E-state index contributed by atoms with van der Waals surface area (Å²) in [5.74, 6) is -2.08. The van der Waals surface area contributed by atoms with E-state index in [-0.39, 0.29) is 19.0 Å². The Morgan fingerprint density at radius 1 is 1.57 bits per heavy atom. The van der Waals surface area contributed by atoms with Crippen molar-refractivity contribution in [3.63, 3.8) is 0 Å². The summed E-state index contributed by atoms with van der Waals surface area (Å²) in [5.41, 5.74) is 0. The van der Waals surface area contributed by atoms with Gasteiger partial charge in [-0.05, 0) is 0 Å². The summed E-state index contributed by atoms with van der Waals surface area (Å²) in [5, 5.41) is 8.62. The fraction of sp³-hybridized carbons (Fsp3) is 0.625. The molecular weight excluding hydrogens is 188 g/mol. The van der Waals surface area contributed by atoms with Crippen molar-refractivity contribution in [3.8, 4) is 0 Å². The molecule has 1 heterocycles. The lowest BCUT2D eigenvalue weighted by Gasteiger charge is -2.16. The topological polar surface area (TPSA) is 77.9 Å². The third-order valence-corrected chi connectivity index (χ3v) is 2.11. The molecule has 0 aromatic carbocycles. The second-order valence-electron chi connectivity index (χ2n) is 3.38. The highest BCUT2D eigenvalue weighted by Gasteiger charge is 2.35. The number of rotatable bonds is 3. The van der Waals surface area contributed by atoms with Crippen LogP contribution in [0.5, 0.6) is 0 Å². The molecule has 78 valence electrons. The van der Waals surface area contributed by atoms with Gasteiger partial charge < -0.3 is 10.0 Å². The Morgan fingerprint density at radius 2 is 2.14 bits per heavy atom. The summed E-state index contributed by atoms with van der Waals surface area (Å²) >= 11 is 0. The molecule has 0 aromatic heterocycles. The molecule has 1 saturated heterocycles. The fourth-order valence-electron chi connectivity index (χ4n) is 1.20. The molecule has 0 saturated carbocycles. The van der Waals surface area contributed by atoms with Gasteiger partial charge in [-0.3, -0.25) is 14.5 Å². The van der Waals surface area contributed by atoms with Crippen LogP contribution < -0.4 is 0 Å². The van der Waals surface area contributed by atoms with Gasteiger partial charge in [-0.25, -0.2) is 4.79 Å². The molecule has 1 rings (SSSR count). The largest absolute Gasteiger partial charge is 0.481 e. The molecule has 1 aliphatic rings. The number of carbonyl (C=O) groups is 3. The summed E-state index contributed by atoms with van der Waals surface area (Å²) in [4.78, 5) is 35.3. The first-order chi connectivity index (χ1) is 6.43. The first-order valence-corrected chi connectivity index (χ1v) is 4.21. The Bertz CT molecular complexity index is 289. The van der Waals surface area contributed by atoms with Crippen molar-refractivity contribution in [2.75, 3.05) is 20.1 Å². The van der Waals surface area contributed by atoms with Crippen LogP contribution in [0, 0.1) is 5.92 Å². The van der Waals surface area contributed by atoms with Crippen LogP contribution in [-0.2, 0) is 9.59 Å². The number of amides is 3. The predicted octanol–water partition coefficient (Wildman–Crippen LogP) is -0.399. The number of imide groups is 1. The lowest BCUT2D eigenvalue weighted by Crippen LogP contribution is -2.37. The molecule has 6 heteroatoms. The quantitative estimate of drug-likeness (QED) is 0.629. The van der Waals surface area contributed by atoms with Crippen LogP contribution in [0.1, 0.15) is 6.92 Å². The van der Waals surface area contributed by atoms with Crippen molar-refractivity contribution in [2.24, 2.45) is 5.92 Å². The second-order valence-corrected chi connectivity index (χ2v) is 3.38. The summed E-state index contributed by atoms with van der Waals surface area (Å²) in [6, 6.07) is -0.428. The lowest BCUT2D eigenvalue weighted by atomic mass is 10.2. The molecular formula is C8H12N2O4. The van der Waals surface area contributed by atoms with E-state index in [0.717, 1.165) is 4.90 Å². The average Bonchev–Trinajstić information content (AvgIpc) is 2.32. The number of hydrogen-bond donors (Lipinski definition) is 1. The van der Waals surface area contributed by atoms with Crippen LogP contribution in [0.25, 0.3) is 0 Å². The Kier molecular flexibility index (Phi) is 2.73. The van der Waals surface area contributed by atoms with Crippen LogP contribution in [-0.4, -0.2) is 53.0 Å². The van der Waals surface area contributed by atoms with Gasteiger partial charge in [-0.1, -0.05) is 6.92 Å². The molecule has 0 aliphatic carbocycles. The minimum atomic E-state index is -1.01. The van der Waals surface area contributed by atoms with E-state index in [1.165, 1.54) is 18.9 Å². The highest BCUT2D eigenvalue weighted by Crippen LogP contribution is 2.10. The van der Waals surface area contributed by atoms with E-state index in [4.69, 9.17) is 5.11 Å². The number of carboxylic acid groups (broad SMARTS) is 1. The van der Waals surface area contributed by atoms with E-state index < -0.39 is 17.9 Å². The van der Waals surface area contributed by atoms with Gasteiger partial charge in [0.25, 0.3) is 0 Å². The molecule has 1 aliphatic heterocycles. The van der Waals surface area contributed by atoms with Gasteiger partial charge in [0.05, 0.1) is 5.92 Å². The normalized spacial score (nSPS) is 19.0. The highest BCUT2D eigenvalue weighted by molar-refractivity contribution is 6.02. The Hall–Kier alpha value is -1.59. The number of urea groups is 1.